The molecular formula is C13H17NO2S. The summed E-state index contributed by atoms with van der Waals surface area (Å²) in [5, 5.41) is 3.29. The zero-order valence-electron chi connectivity index (χ0n) is 9.67. The molecule has 2 heterocycles. The van der Waals surface area contributed by atoms with E-state index in [1.807, 2.05) is 6.07 Å². The highest BCUT2D eigenvalue weighted by atomic mass is 32.2. The maximum Gasteiger partial charge on any atom is 0.181 e. The first kappa shape index (κ1) is 11.2. The molecule has 2 saturated heterocycles. The zero-order chi connectivity index (χ0) is 11.9. The third-order valence-electron chi connectivity index (χ3n) is 3.94. The summed E-state index contributed by atoms with van der Waals surface area (Å²) in [5.41, 5.74) is 0. The molecule has 3 nitrogen and oxygen atoms in total. The predicted octanol–water partition coefficient (Wildman–Crippen LogP) is 1.74. The summed E-state index contributed by atoms with van der Waals surface area (Å²) in [7, 11) is -3.13. The Morgan fingerprint density at radius 2 is 1.59 bits per heavy atom. The summed E-state index contributed by atoms with van der Waals surface area (Å²) < 4.78 is 25.0. The zero-order valence-corrected chi connectivity index (χ0v) is 10.5. The quantitative estimate of drug-likeness (QED) is 0.871. The van der Waals surface area contributed by atoms with Crippen LogP contribution in [0.4, 0.5) is 0 Å². The topological polar surface area (TPSA) is 46.2 Å². The van der Waals surface area contributed by atoms with Gasteiger partial charge in [-0.05, 0) is 37.8 Å². The van der Waals surface area contributed by atoms with Crippen molar-refractivity contribution in [3.05, 3.63) is 30.3 Å². The third kappa shape index (κ3) is 2.00. The molecule has 1 aromatic carbocycles. The standard InChI is InChI=1S/C13H17NO2S/c15-17(16,12-4-2-1-3-5-12)13-8-10-6-7-11(9-13)14-10/h1-5,10-11,13-14H,6-9H2/t10-,11-/m0/s1. The van der Waals surface area contributed by atoms with E-state index in [0.717, 1.165) is 25.7 Å². The van der Waals surface area contributed by atoms with Crippen molar-refractivity contribution in [2.75, 3.05) is 0 Å². The fourth-order valence-electron chi connectivity index (χ4n) is 3.06. The molecule has 0 unspecified atom stereocenters. The van der Waals surface area contributed by atoms with Gasteiger partial charge in [0.2, 0.25) is 0 Å². The van der Waals surface area contributed by atoms with Crippen LogP contribution in [0.25, 0.3) is 0 Å². The summed E-state index contributed by atoms with van der Waals surface area (Å²) in [6.07, 6.45) is 3.80. The Morgan fingerprint density at radius 3 is 2.18 bits per heavy atom. The molecule has 0 aromatic heterocycles. The number of nitrogens with one attached hydrogen (secondary N) is 1. The molecule has 2 fully saturated rings. The average Bonchev–Trinajstić information content (AvgIpc) is 2.69. The lowest BCUT2D eigenvalue weighted by Gasteiger charge is -2.28. The molecule has 1 N–H and O–H groups in total. The maximum absolute atomic E-state index is 12.5. The van der Waals surface area contributed by atoms with E-state index in [-0.39, 0.29) is 5.25 Å². The van der Waals surface area contributed by atoms with E-state index in [0.29, 0.717) is 17.0 Å². The van der Waals surface area contributed by atoms with Crippen LogP contribution < -0.4 is 5.32 Å². The first-order valence-electron chi connectivity index (χ1n) is 6.21. The van der Waals surface area contributed by atoms with Gasteiger partial charge in [-0.25, -0.2) is 8.42 Å². The summed E-state index contributed by atoms with van der Waals surface area (Å²) >= 11 is 0. The molecule has 3 rings (SSSR count). The van der Waals surface area contributed by atoms with E-state index < -0.39 is 9.84 Å². The van der Waals surface area contributed by atoms with Crippen LogP contribution in [0.2, 0.25) is 0 Å². The predicted molar refractivity (Wildman–Crippen MR) is 66.6 cm³/mol. The number of hydrogen-bond donors (Lipinski definition) is 1. The normalized spacial score (nSPS) is 32.6. The van der Waals surface area contributed by atoms with Crippen molar-refractivity contribution >= 4 is 9.84 Å². The summed E-state index contributed by atoms with van der Waals surface area (Å²) in [6.45, 7) is 0. The van der Waals surface area contributed by atoms with Gasteiger partial charge in [-0.15, -0.1) is 0 Å². The van der Waals surface area contributed by atoms with Crippen LogP contribution in [0.15, 0.2) is 35.2 Å². The molecule has 0 radical (unpaired) electrons. The minimum absolute atomic E-state index is 0.191. The van der Waals surface area contributed by atoms with Crippen molar-refractivity contribution in [2.24, 2.45) is 0 Å². The summed E-state index contributed by atoms with van der Waals surface area (Å²) in [4.78, 5) is 0.478. The molecule has 2 aliphatic heterocycles. The second kappa shape index (κ2) is 4.10. The van der Waals surface area contributed by atoms with Crippen LogP contribution in [0, 0.1) is 0 Å². The van der Waals surface area contributed by atoms with E-state index in [4.69, 9.17) is 0 Å². The minimum Gasteiger partial charge on any atom is -0.311 e. The number of rotatable bonds is 2. The van der Waals surface area contributed by atoms with E-state index in [1.54, 1.807) is 24.3 Å². The van der Waals surface area contributed by atoms with E-state index in [9.17, 15) is 8.42 Å². The molecule has 0 amide bonds. The van der Waals surface area contributed by atoms with Crippen molar-refractivity contribution in [1.29, 1.82) is 0 Å². The van der Waals surface area contributed by atoms with Gasteiger partial charge in [0.15, 0.2) is 9.84 Å². The highest BCUT2D eigenvalue weighted by Crippen LogP contribution is 2.33. The molecule has 2 aliphatic rings. The van der Waals surface area contributed by atoms with E-state index in [2.05, 4.69) is 5.32 Å². The Kier molecular flexibility index (Phi) is 2.71. The van der Waals surface area contributed by atoms with Gasteiger partial charge in [0.25, 0.3) is 0 Å². The maximum atomic E-state index is 12.5. The number of piperidine rings is 1. The second-order valence-corrected chi connectivity index (χ2v) is 7.32. The monoisotopic (exact) mass is 251 g/mol. The van der Waals surface area contributed by atoms with Gasteiger partial charge in [-0.3, -0.25) is 0 Å². The Labute approximate surface area is 102 Å². The van der Waals surface area contributed by atoms with Crippen LogP contribution in [-0.4, -0.2) is 25.8 Å². The third-order valence-corrected chi connectivity index (χ3v) is 6.13. The number of benzene rings is 1. The van der Waals surface area contributed by atoms with Crippen LogP contribution in [0.1, 0.15) is 25.7 Å². The van der Waals surface area contributed by atoms with Crippen molar-refractivity contribution in [3.8, 4) is 0 Å². The minimum atomic E-state index is -3.13. The van der Waals surface area contributed by atoms with Crippen molar-refractivity contribution in [3.63, 3.8) is 0 Å². The van der Waals surface area contributed by atoms with Gasteiger partial charge in [-0.1, -0.05) is 18.2 Å². The Hall–Kier alpha value is -0.870. The fourth-order valence-corrected chi connectivity index (χ4v) is 4.95. The van der Waals surface area contributed by atoms with Gasteiger partial charge in [0.05, 0.1) is 10.1 Å². The van der Waals surface area contributed by atoms with Gasteiger partial charge in [-0.2, -0.15) is 0 Å². The molecule has 2 bridgehead atoms. The largest absolute Gasteiger partial charge is 0.311 e. The Morgan fingerprint density at radius 1 is 1.00 bits per heavy atom. The van der Waals surface area contributed by atoms with Gasteiger partial charge in [0, 0.05) is 12.1 Å². The Balaban J connectivity index is 1.89. The van der Waals surface area contributed by atoms with Crippen LogP contribution in [0.3, 0.4) is 0 Å². The molecule has 92 valence electrons. The average molecular weight is 251 g/mol. The Bertz CT molecular complexity index is 485. The van der Waals surface area contributed by atoms with E-state index >= 15 is 0 Å². The fraction of sp³-hybridized carbons (Fsp3) is 0.538. The smallest absolute Gasteiger partial charge is 0.181 e. The molecule has 2 atom stereocenters. The van der Waals surface area contributed by atoms with Gasteiger partial charge in [0.1, 0.15) is 0 Å². The molecule has 1 aromatic rings. The second-order valence-electron chi connectivity index (χ2n) is 5.09. The lowest BCUT2D eigenvalue weighted by molar-refractivity contribution is 0.401. The highest BCUT2D eigenvalue weighted by molar-refractivity contribution is 7.92. The van der Waals surface area contributed by atoms with Crippen LogP contribution >= 0.6 is 0 Å². The SMILES string of the molecule is O=S(=O)(c1ccccc1)C1C[C@@H]2CC[C@@H](C1)N2. The van der Waals surface area contributed by atoms with Crippen LogP contribution in [-0.2, 0) is 9.84 Å². The summed E-state index contributed by atoms with van der Waals surface area (Å²) in [5.74, 6) is 0. The van der Waals surface area contributed by atoms with Gasteiger partial charge >= 0.3 is 0 Å². The molecular weight excluding hydrogens is 234 g/mol. The van der Waals surface area contributed by atoms with Gasteiger partial charge < -0.3 is 5.32 Å². The first-order valence-corrected chi connectivity index (χ1v) is 7.76. The summed E-state index contributed by atoms with van der Waals surface area (Å²) in [6, 6.07) is 9.68. The van der Waals surface area contributed by atoms with Crippen molar-refractivity contribution in [1.82, 2.24) is 5.32 Å². The number of hydrogen-bond acceptors (Lipinski definition) is 3. The first-order chi connectivity index (χ1) is 8.16. The number of sulfone groups is 1. The molecule has 0 aliphatic carbocycles. The lowest BCUT2D eigenvalue weighted by Crippen LogP contribution is -2.43. The van der Waals surface area contributed by atoms with Crippen molar-refractivity contribution < 1.29 is 8.42 Å². The highest BCUT2D eigenvalue weighted by Gasteiger charge is 2.39. The number of fused-ring (bicyclic) bond motifs is 2. The van der Waals surface area contributed by atoms with Crippen LogP contribution in [0.5, 0.6) is 0 Å². The van der Waals surface area contributed by atoms with E-state index in [1.165, 1.54) is 0 Å². The molecule has 0 spiro atoms. The van der Waals surface area contributed by atoms with Crippen molar-refractivity contribution in [2.45, 2.75) is 47.9 Å². The molecule has 17 heavy (non-hydrogen) atoms. The lowest BCUT2D eigenvalue weighted by atomic mass is 10.1. The molecule has 0 saturated carbocycles. The molecule has 4 heteroatoms.